The van der Waals surface area contributed by atoms with Crippen LogP contribution in [0.15, 0.2) is 4.52 Å². The molecule has 5 nitrogen and oxygen atoms in total. The Balaban J connectivity index is 1.85. The van der Waals surface area contributed by atoms with Crippen LogP contribution < -0.4 is 5.32 Å². The Kier molecular flexibility index (Phi) is 4.16. The Hall–Kier alpha value is -1.10. The van der Waals surface area contributed by atoms with Gasteiger partial charge in [-0.1, -0.05) is 24.4 Å². The summed E-state index contributed by atoms with van der Waals surface area (Å²) in [5.41, 5.74) is 0. The average Bonchev–Trinajstić information content (AvgIpc) is 2.79. The molecule has 1 saturated carbocycles. The second-order valence-electron chi connectivity index (χ2n) is 4.21. The minimum absolute atomic E-state index is 0.496. The molecular formula is C11H19N3O2. The summed E-state index contributed by atoms with van der Waals surface area (Å²) < 4.78 is 10.1. The monoisotopic (exact) mass is 225 g/mol. The van der Waals surface area contributed by atoms with Gasteiger partial charge in [0, 0.05) is 19.6 Å². The molecule has 1 aliphatic rings. The zero-order valence-electron chi connectivity index (χ0n) is 9.74. The van der Waals surface area contributed by atoms with E-state index < -0.39 is 0 Å². The van der Waals surface area contributed by atoms with Crippen molar-refractivity contribution in [2.45, 2.75) is 38.0 Å². The molecule has 1 aromatic rings. The molecule has 0 atom stereocenters. The third-order valence-corrected chi connectivity index (χ3v) is 2.99. The van der Waals surface area contributed by atoms with E-state index in [4.69, 9.17) is 9.26 Å². The standard InChI is InChI=1S/C11H19N3O2/c1-15-8-7-12-11-13-10(14-16-11)9-5-3-2-4-6-9/h9H,2-8H2,1H3,(H,12,13,14). The van der Waals surface area contributed by atoms with Crippen molar-refractivity contribution < 1.29 is 9.26 Å². The summed E-state index contributed by atoms with van der Waals surface area (Å²) in [7, 11) is 1.67. The maximum absolute atomic E-state index is 5.14. The molecule has 0 aliphatic heterocycles. The van der Waals surface area contributed by atoms with E-state index in [1.807, 2.05) is 0 Å². The van der Waals surface area contributed by atoms with Crippen molar-refractivity contribution in [3.63, 3.8) is 0 Å². The van der Waals surface area contributed by atoms with E-state index in [1.165, 1.54) is 32.1 Å². The summed E-state index contributed by atoms with van der Waals surface area (Å²) in [4.78, 5) is 4.36. The van der Waals surface area contributed by atoms with Crippen LogP contribution in [-0.4, -0.2) is 30.4 Å². The minimum atomic E-state index is 0.496. The highest BCUT2D eigenvalue weighted by molar-refractivity contribution is 5.19. The minimum Gasteiger partial charge on any atom is -0.383 e. The van der Waals surface area contributed by atoms with E-state index in [0.717, 1.165) is 5.82 Å². The number of anilines is 1. The second kappa shape index (κ2) is 5.84. The van der Waals surface area contributed by atoms with Crippen LogP contribution in [0.3, 0.4) is 0 Å². The van der Waals surface area contributed by atoms with Gasteiger partial charge in [0.25, 0.3) is 0 Å². The summed E-state index contributed by atoms with van der Waals surface area (Å²) in [5, 5.41) is 7.07. The second-order valence-corrected chi connectivity index (χ2v) is 4.21. The summed E-state index contributed by atoms with van der Waals surface area (Å²) >= 11 is 0. The van der Waals surface area contributed by atoms with Crippen molar-refractivity contribution in [2.24, 2.45) is 0 Å². The van der Waals surface area contributed by atoms with Gasteiger partial charge in [0.05, 0.1) is 6.61 Å². The van der Waals surface area contributed by atoms with Gasteiger partial charge in [-0.15, -0.1) is 0 Å². The number of rotatable bonds is 5. The fraction of sp³-hybridized carbons (Fsp3) is 0.818. The van der Waals surface area contributed by atoms with Crippen LogP contribution in [0.4, 0.5) is 6.01 Å². The average molecular weight is 225 g/mol. The third-order valence-electron chi connectivity index (χ3n) is 2.99. The zero-order valence-corrected chi connectivity index (χ0v) is 9.74. The lowest BCUT2D eigenvalue weighted by atomic mass is 9.89. The third kappa shape index (κ3) is 2.95. The van der Waals surface area contributed by atoms with Crippen molar-refractivity contribution in [1.82, 2.24) is 10.1 Å². The van der Waals surface area contributed by atoms with Crippen LogP contribution in [0.1, 0.15) is 43.8 Å². The lowest BCUT2D eigenvalue weighted by molar-refractivity contribution is 0.210. The maximum atomic E-state index is 5.14. The van der Waals surface area contributed by atoms with Crippen molar-refractivity contribution in [3.8, 4) is 0 Å². The normalized spacial score (nSPS) is 17.6. The molecule has 0 unspecified atom stereocenters. The fourth-order valence-electron chi connectivity index (χ4n) is 2.09. The molecule has 1 fully saturated rings. The molecule has 0 spiro atoms. The molecule has 16 heavy (non-hydrogen) atoms. The molecule has 5 heteroatoms. The van der Waals surface area contributed by atoms with Crippen molar-refractivity contribution in [3.05, 3.63) is 5.82 Å². The molecule has 0 radical (unpaired) electrons. The SMILES string of the molecule is COCCNc1nc(C2CCCCC2)no1. The van der Waals surface area contributed by atoms with Crippen molar-refractivity contribution in [2.75, 3.05) is 25.6 Å². The Labute approximate surface area is 95.6 Å². The van der Waals surface area contributed by atoms with Crippen LogP contribution in [0.5, 0.6) is 0 Å². The highest BCUT2D eigenvalue weighted by Gasteiger charge is 2.20. The van der Waals surface area contributed by atoms with E-state index in [9.17, 15) is 0 Å². The lowest BCUT2D eigenvalue weighted by Gasteiger charge is -2.17. The van der Waals surface area contributed by atoms with E-state index in [-0.39, 0.29) is 0 Å². The number of hydrogen-bond donors (Lipinski definition) is 1. The van der Waals surface area contributed by atoms with E-state index >= 15 is 0 Å². The predicted molar refractivity (Wildman–Crippen MR) is 60.5 cm³/mol. The Morgan fingerprint density at radius 2 is 2.19 bits per heavy atom. The molecule has 0 aromatic carbocycles. The fourth-order valence-corrected chi connectivity index (χ4v) is 2.09. The lowest BCUT2D eigenvalue weighted by Crippen LogP contribution is -2.09. The highest BCUT2D eigenvalue weighted by atomic mass is 16.5. The van der Waals surface area contributed by atoms with E-state index in [2.05, 4.69) is 15.5 Å². The quantitative estimate of drug-likeness (QED) is 0.778. The first-order valence-electron chi connectivity index (χ1n) is 5.96. The van der Waals surface area contributed by atoms with Crippen LogP contribution in [-0.2, 0) is 4.74 Å². The van der Waals surface area contributed by atoms with Gasteiger partial charge < -0.3 is 14.6 Å². The molecule has 1 aromatic heterocycles. The largest absolute Gasteiger partial charge is 0.383 e. The van der Waals surface area contributed by atoms with Crippen molar-refractivity contribution in [1.29, 1.82) is 0 Å². The zero-order chi connectivity index (χ0) is 11.2. The Morgan fingerprint density at radius 1 is 1.38 bits per heavy atom. The van der Waals surface area contributed by atoms with Gasteiger partial charge in [0.15, 0.2) is 5.82 Å². The van der Waals surface area contributed by atoms with Crippen molar-refractivity contribution >= 4 is 6.01 Å². The number of nitrogens with zero attached hydrogens (tertiary/aromatic N) is 2. The first kappa shape index (κ1) is 11.4. The first-order chi connectivity index (χ1) is 7.90. The molecule has 1 heterocycles. The smallest absolute Gasteiger partial charge is 0.321 e. The van der Waals surface area contributed by atoms with E-state index in [1.54, 1.807) is 7.11 Å². The van der Waals surface area contributed by atoms with Gasteiger partial charge in [-0.05, 0) is 12.8 Å². The molecule has 0 bridgehead atoms. The summed E-state index contributed by atoms with van der Waals surface area (Å²) in [6, 6.07) is 0.512. The molecule has 0 saturated heterocycles. The molecule has 2 rings (SSSR count). The number of nitrogens with one attached hydrogen (secondary N) is 1. The van der Waals surface area contributed by atoms with Gasteiger partial charge in [-0.25, -0.2) is 0 Å². The number of methoxy groups -OCH3 is 1. The van der Waals surface area contributed by atoms with E-state index in [0.29, 0.717) is 25.1 Å². The molecule has 1 N–H and O–H groups in total. The number of hydrogen-bond acceptors (Lipinski definition) is 5. The van der Waals surface area contributed by atoms with Crippen LogP contribution >= 0.6 is 0 Å². The summed E-state index contributed by atoms with van der Waals surface area (Å²) in [5.74, 6) is 1.36. The topological polar surface area (TPSA) is 60.2 Å². The van der Waals surface area contributed by atoms with Gasteiger partial charge in [0.1, 0.15) is 0 Å². The van der Waals surface area contributed by atoms with Crippen LogP contribution in [0.25, 0.3) is 0 Å². The highest BCUT2D eigenvalue weighted by Crippen LogP contribution is 2.31. The summed E-state index contributed by atoms with van der Waals surface area (Å²) in [6.45, 7) is 1.34. The first-order valence-corrected chi connectivity index (χ1v) is 5.96. The van der Waals surface area contributed by atoms with Gasteiger partial charge in [-0.3, -0.25) is 0 Å². The summed E-state index contributed by atoms with van der Waals surface area (Å²) in [6.07, 6.45) is 6.29. The van der Waals surface area contributed by atoms with Crippen LogP contribution in [0, 0.1) is 0 Å². The molecule has 1 aliphatic carbocycles. The molecule has 90 valence electrons. The van der Waals surface area contributed by atoms with Crippen LogP contribution in [0.2, 0.25) is 0 Å². The molecule has 0 amide bonds. The number of aromatic nitrogens is 2. The molecular weight excluding hydrogens is 206 g/mol. The van der Waals surface area contributed by atoms with Gasteiger partial charge in [0.2, 0.25) is 0 Å². The predicted octanol–water partition coefficient (Wildman–Crippen LogP) is 2.18. The van der Waals surface area contributed by atoms with Gasteiger partial charge in [-0.2, -0.15) is 4.98 Å². The van der Waals surface area contributed by atoms with Gasteiger partial charge >= 0.3 is 6.01 Å². The maximum Gasteiger partial charge on any atom is 0.321 e. The Morgan fingerprint density at radius 3 is 2.94 bits per heavy atom. The Bertz CT molecular complexity index is 308. The number of ether oxygens (including phenoxy) is 1.